The van der Waals surface area contributed by atoms with Crippen molar-refractivity contribution < 1.29 is 53.6 Å². The van der Waals surface area contributed by atoms with Crippen LogP contribution in [-0.2, 0) is 43.8 Å². The Hall–Kier alpha value is 0.647. The van der Waals surface area contributed by atoms with E-state index in [0.717, 1.165) is 6.92 Å². The molecule has 5 heteroatoms. The Morgan fingerprint density at radius 2 is 1.43 bits per heavy atom. The van der Waals surface area contributed by atoms with Gasteiger partial charge in [0.05, 0.1) is 0 Å². The van der Waals surface area contributed by atoms with Crippen molar-refractivity contribution in [3.05, 3.63) is 0 Å². The first-order chi connectivity index (χ1) is 1.73. The largest absolute Gasteiger partial charge is 2.00 e. The minimum Gasteiger partial charge on any atom is -1.00 e. The number of rotatable bonds is 0. The molecule has 0 aliphatic carbocycles. The quantitative estimate of drug-likeness (QED) is 0.379. The first kappa shape index (κ1) is 25.4. The van der Waals surface area contributed by atoms with E-state index >= 15 is 0 Å². The summed E-state index contributed by atoms with van der Waals surface area (Å²) in [6, 6.07) is 0. The summed E-state index contributed by atoms with van der Waals surface area (Å²) in [5.41, 5.74) is 0. The average Bonchev–Trinajstić information content (AvgIpc) is 0.811. The van der Waals surface area contributed by atoms with Crippen molar-refractivity contribution >= 4 is 5.97 Å². The summed E-state index contributed by atoms with van der Waals surface area (Å²) < 4.78 is 0. The number of aliphatic carboxylic acids is 1. The van der Waals surface area contributed by atoms with Crippen LogP contribution in [-0.4, -0.2) is 5.97 Å². The van der Waals surface area contributed by atoms with Crippen LogP contribution in [0.1, 0.15) is 6.92 Å². The normalized spacial score (nSPS) is 3.57. The molecule has 0 atom stereocenters. The molecule has 0 saturated carbocycles. The van der Waals surface area contributed by atoms with Crippen LogP contribution in [0.25, 0.3) is 0 Å². The van der Waals surface area contributed by atoms with Gasteiger partial charge in [-0.2, -0.15) is 0 Å². The first-order valence-electron chi connectivity index (χ1n) is 0.908. The molecule has 0 aliphatic heterocycles. The Kier molecular flexibility index (Phi) is 57.8. The molecule has 2 nitrogen and oxygen atoms in total. The van der Waals surface area contributed by atoms with Crippen LogP contribution in [0.4, 0.5) is 0 Å². The number of carbonyl (C=O) groups excluding carboxylic acids is 1. The van der Waals surface area contributed by atoms with Gasteiger partial charge >= 0.3 is 39.0 Å². The van der Waals surface area contributed by atoms with E-state index in [2.05, 4.69) is 0 Å². The van der Waals surface area contributed by atoms with Crippen LogP contribution >= 0.6 is 0 Å². The van der Waals surface area contributed by atoms with Gasteiger partial charge in [0.1, 0.15) is 0 Å². The molecule has 0 aliphatic rings. The standard InChI is InChI=1S/C2H4O2.FH.2Zn/c1-2(3)4;;;/h1H3,(H,3,4);1H;;/q;;2*+2/p-2. The Labute approximate surface area is 66.6 Å². The zero-order valence-electron chi connectivity index (χ0n) is 4.11. The van der Waals surface area contributed by atoms with Crippen molar-refractivity contribution in [3.8, 4) is 0 Å². The van der Waals surface area contributed by atoms with Crippen molar-refractivity contribution in [3.63, 3.8) is 0 Å². The number of hydrogen-bond acceptors (Lipinski definition) is 2. The summed E-state index contributed by atoms with van der Waals surface area (Å²) in [4.78, 5) is 8.89. The third-order valence-electron chi connectivity index (χ3n) is 0. The van der Waals surface area contributed by atoms with Gasteiger partial charge in [0.2, 0.25) is 0 Å². The third kappa shape index (κ3) is 343. The monoisotopic (exact) mass is 206 g/mol. The summed E-state index contributed by atoms with van der Waals surface area (Å²) in [5.74, 6) is -1.08. The van der Waals surface area contributed by atoms with Gasteiger partial charge in [-0.15, -0.1) is 0 Å². The van der Waals surface area contributed by atoms with Gasteiger partial charge in [-0.25, -0.2) is 0 Å². The molecule has 0 rings (SSSR count). The number of carbonyl (C=O) groups is 1. The first-order valence-corrected chi connectivity index (χ1v) is 0.908. The Balaban J connectivity index is -0.0000000150. The second-order valence-electron chi connectivity index (χ2n) is 0.492. The van der Waals surface area contributed by atoms with Gasteiger partial charge < -0.3 is 14.6 Å². The van der Waals surface area contributed by atoms with Crippen LogP contribution in [0.3, 0.4) is 0 Å². The predicted molar refractivity (Wildman–Crippen MR) is 10.7 cm³/mol. The van der Waals surface area contributed by atoms with Gasteiger partial charge in [0.25, 0.3) is 0 Å². The van der Waals surface area contributed by atoms with E-state index in [9.17, 15) is 0 Å². The summed E-state index contributed by atoms with van der Waals surface area (Å²) >= 11 is 0. The van der Waals surface area contributed by atoms with Crippen LogP contribution in [0.2, 0.25) is 0 Å². The molecule has 0 saturated heterocycles. The van der Waals surface area contributed by atoms with Crippen LogP contribution in [0.5, 0.6) is 0 Å². The third-order valence-corrected chi connectivity index (χ3v) is 0. The number of halogens is 1. The summed E-state index contributed by atoms with van der Waals surface area (Å²) in [6.45, 7) is 0.972. The van der Waals surface area contributed by atoms with E-state index in [1.165, 1.54) is 0 Å². The van der Waals surface area contributed by atoms with Gasteiger partial charge in [-0.3, -0.25) is 0 Å². The van der Waals surface area contributed by atoms with Crippen LogP contribution in [0, 0.1) is 0 Å². The number of hydrogen-bond donors (Lipinski definition) is 0. The van der Waals surface area contributed by atoms with Crippen molar-refractivity contribution in [1.82, 2.24) is 0 Å². The molecular formula is C2H3FO2Zn2+2. The van der Waals surface area contributed by atoms with Crippen molar-refractivity contribution in [2.75, 3.05) is 0 Å². The zero-order valence-corrected chi connectivity index (χ0v) is 10.0. The maximum atomic E-state index is 8.89. The molecular weight excluding hydrogens is 206 g/mol. The fourth-order valence-electron chi connectivity index (χ4n) is 0. The topological polar surface area (TPSA) is 40.1 Å². The fraction of sp³-hybridized carbons (Fsp3) is 0.500. The van der Waals surface area contributed by atoms with Crippen LogP contribution < -0.4 is 9.81 Å². The molecule has 0 aromatic rings. The molecule has 0 amide bonds. The molecule has 0 fully saturated rings. The molecule has 0 N–H and O–H groups in total. The average molecular weight is 209 g/mol. The molecule has 0 aromatic heterocycles. The number of carboxylic acids is 1. The van der Waals surface area contributed by atoms with E-state index in [0.29, 0.717) is 0 Å². The molecule has 0 bridgehead atoms. The van der Waals surface area contributed by atoms with Crippen LogP contribution in [0.15, 0.2) is 0 Å². The van der Waals surface area contributed by atoms with Gasteiger partial charge in [-0.1, -0.05) is 0 Å². The van der Waals surface area contributed by atoms with E-state index in [1.807, 2.05) is 0 Å². The minimum atomic E-state index is -1.08. The SMILES string of the molecule is CC(=O)[O-].[F-].[Zn+2].[Zn+2]. The maximum Gasteiger partial charge on any atom is 2.00 e. The van der Waals surface area contributed by atoms with E-state index < -0.39 is 5.97 Å². The number of carboxylic acid groups (broad SMARTS) is 1. The van der Waals surface area contributed by atoms with E-state index in [4.69, 9.17) is 9.90 Å². The molecule has 7 heavy (non-hydrogen) atoms. The minimum absolute atomic E-state index is 0. The smallest absolute Gasteiger partial charge is 1.00 e. The molecule has 32 valence electrons. The van der Waals surface area contributed by atoms with Crippen molar-refractivity contribution in [2.45, 2.75) is 6.92 Å². The second-order valence-corrected chi connectivity index (χ2v) is 0.492. The molecule has 0 aromatic carbocycles. The van der Waals surface area contributed by atoms with Gasteiger partial charge in [-0.05, 0) is 6.92 Å². The fourth-order valence-corrected chi connectivity index (χ4v) is 0. The maximum absolute atomic E-state index is 8.89. The Bertz CT molecular complexity index is 36.7. The zero-order chi connectivity index (χ0) is 3.58. The van der Waals surface area contributed by atoms with E-state index in [-0.39, 0.29) is 43.7 Å². The Morgan fingerprint density at radius 3 is 1.43 bits per heavy atom. The van der Waals surface area contributed by atoms with Gasteiger partial charge in [0, 0.05) is 5.97 Å². The molecule has 0 heterocycles. The predicted octanol–water partition coefficient (Wildman–Crippen LogP) is -4.24. The molecule has 0 radical (unpaired) electrons. The second kappa shape index (κ2) is 15.9. The van der Waals surface area contributed by atoms with Crippen molar-refractivity contribution in [2.24, 2.45) is 0 Å². The van der Waals surface area contributed by atoms with E-state index in [1.54, 1.807) is 0 Å². The molecule has 0 unspecified atom stereocenters. The van der Waals surface area contributed by atoms with Crippen molar-refractivity contribution in [1.29, 1.82) is 0 Å². The van der Waals surface area contributed by atoms with Gasteiger partial charge in [0.15, 0.2) is 0 Å². The Morgan fingerprint density at radius 1 is 1.43 bits per heavy atom. The summed E-state index contributed by atoms with van der Waals surface area (Å²) in [7, 11) is 0. The summed E-state index contributed by atoms with van der Waals surface area (Å²) in [5, 5.41) is 8.89. The molecule has 0 spiro atoms. The summed E-state index contributed by atoms with van der Waals surface area (Å²) in [6.07, 6.45) is 0.